The molecule has 0 saturated carbocycles. The molecule has 118 valence electrons. The van der Waals surface area contributed by atoms with Crippen molar-refractivity contribution in [3.8, 4) is 0 Å². The Morgan fingerprint density at radius 3 is 2.91 bits per heavy atom. The maximum Gasteiger partial charge on any atom is 0.255 e. The lowest BCUT2D eigenvalue weighted by atomic mass is 10.2. The standard InChI is InChI=1S/C14H20N6O2/c1-8-9(2)17-14(15)19-12(8)16-6-5-11-18-13(22-20-11)10-4-3-7-21-10/h10H,3-7H2,1-2H3,(H3,15,16,17,19)/t10-/m0/s1. The first-order valence-corrected chi connectivity index (χ1v) is 7.42. The van der Waals surface area contributed by atoms with E-state index in [0.29, 0.717) is 24.7 Å². The minimum atomic E-state index is -0.0410. The van der Waals surface area contributed by atoms with E-state index < -0.39 is 0 Å². The van der Waals surface area contributed by atoms with Gasteiger partial charge in [0.05, 0.1) is 0 Å². The molecule has 22 heavy (non-hydrogen) atoms. The van der Waals surface area contributed by atoms with Gasteiger partial charge in [0.25, 0.3) is 5.89 Å². The fraction of sp³-hybridized carbons (Fsp3) is 0.571. The van der Waals surface area contributed by atoms with Crippen molar-refractivity contribution in [2.75, 3.05) is 24.2 Å². The molecule has 8 nitrogen and oxygen atoms in total. The van der Waals surface area contributed by atoms with E-state index >= 15 is 0 Å². The van der Waals surface area contributed by atoms with Gasteiger partial charge >= 0.3 is 0 Å². The Balaban J connectivity index is 1.57. The number of nitrogens with one attached hydrogen (secondary N) is 1. The zero-order valence-electron chi connectivity index (χ0n) is 12.8. The van der Waals surface area contributed by atoms with Crippen LogP contribution in [0.1, 0.15) is 41.9 Å². The second kappa shape index (κ2) is 6.27. The van der Waals surface area contributed by atoms with Crippen LogP contribution in [-0.2, 0) is 11.2 Å². The number of nitrogen functional groups attached to an aromatic ring is 1. The normalized spacial score (nSPS) is 17.8. The molecule has 2 aromatic rings. The van der Waals surface area contributed by atoms with Gasteiger partial charge in [-0.2, -0.15) is 9.97 Å². The molecule has 1 saturated heterocycles. The number of aryl methyl sites for hydroxylation is 1. The van der Waals surface area contributed by atoms with Crippen LogP contribution in [0.5, 0.6) is 0 Å². The van der Waals surface area contributed by atoms with E-state index in [4.69, 9.17) is 15.0 Å². The van der Waals surface area contributed by atoms with Gasteiger partial charge in [0.2, 0.25) is 5.95 Å². The maximum atomic E-state index is 5.67. The number of nitrogens with two attached hydrogens (primary N) is 1. The summed E-state index contributed by atoms with van der Waals surface area (Å²) in [5.74, 6) is 2.25. The van der Waals surface area contributed by atoms with Gasteiger partial charge in [-0.3, -0.25) is 0 Å². The number of hydrogen-bond acceptors (Lipinski definition) is 8. The van der Waals surface area contributed by atoms with Gasteiger partial charge < -0.3 is 20.3 Å². The predicted octanol–water partition coefficient (Wildman–Crippen LogP) is 1.56. The van der Waals surface area contributed by atoms with Crippen molar-refractivity contribution in [1.29, 1.82) is 0 Å². The SMILES string of the molecule is Cc1nc(N)nc(NCCc2noc([C@@H]3CCCO3)n2)c1C. The van der Waals surface area contributed by atoms with Crippen molar-refractivity contribution < 1.29 is 9.26 Å². The Bertz CT molecular complexity index is 651. The topological polar surface area (TPSA) is 112 Å². The minimum absolute atomic E-state index is 0.0410. The smallest absolute Gasteiger partial charge is 0.255 e. The van der Waals surface area contributed by atoms with E-state index in [0.717, 1.165) is 36.5 Å². The van der Waals surface area contributed by atoms with Crippen molar-refractivity contribution in [2.45, 2.75) is 39.2 Å². The minimum Gasteiger partial charge on any atom is -0.369 e. The summed E-state index contributed by atoms with van der Waals surface area (Å²) in [6.45, 7) is 5.27. The number of rotatable bonds is 5. The Hall–Kier alpha value is -2.22. The summed E-state index contributed by atoms with van der Waals surface area (Å²) in [5, 5.41) is 7.22. The fourth-order valence-corrected chi connectivity index (χ4v) is 2.39. The number of ether oxygens (including phenoxy) is 1. The Morgan fingerprint density at radius 2 is 2.14 bits per heavy atom. The van der Waals surface area contributed by atoms with Gasteiger partial charge in [0.1, 0.15) is 11.9 Å². The number of hydrogen-bond donors (Lipinski definition) is 2. The molecule has 0 aliphatic carbocycles. The highest BCUT2D eigenvalue weighted by Crippen LogP contribution is 2.26. The third-order valence-corrected chi connectivity index (χ3v) is 3.74. The van der Waals surface area contributed by atoms with E-state index in [1.165, 1.54) is 0 Å². The Morgan fingerprint density at radius 1 is 1.27 bits per heavy atom. The van der Waals surface area contributed by atoms with E-state index in [1.807, 2.05) is 13.8 Å². The fourth-order valence-electron chi connectivity index (χ4n) is 2.39. The summed E-state index contributed by atoms with van der Waals surface area (Å²) in [5.41, 5.74) is 7.53. The molecule has 1 aliphatic heterocycles. The largest absolute Gasteiger partial charge is 0.369 e. The molecule has 0 radical (unpaired) electrons. The highest BCUT2D eigenvalue weighted by molar-refractivity contribution is 5.48. The van der Waals surface area contributed by atoms with Crippen LogP contribution in [0.3, 0.4) is 0 Å². The van der Waals surface area contributed by atoms with Crippen LogP contribution >= 0.6 is 0 Å². The molecule has 0 bridgehead atoms. The molecule has 1 atom stereocenters. The molecule has 1 fully saturated rings. The van der Waals surface area contributed by atoms with Crippen LogP contribution in [0, 0.1) is 13.8 Å². The van der Waals surface area contributed by atoms with Crippen molar-refractivity contribution in [3.63, 3.8) is 0 Å². The third-order valence-electron chi connectivity index (χ3n) is 3.74. The highest BCUT2D eigenvalue weighted by Gasteiger charge is 2.23. The first-order chi connectivity index (χ1) is 10.6. The van der Waals surface area contributed by atoms with Crippen LogP contribution in [0.4, 0.5) is 11.8 Å². The van der Waals surface area contributed by atoms with Crippen molar-refractivity contribution in [1.82, 2.24) is 20.1 Å². The zero-order valence-corrected chi connectivity index (χ0v) is 12.8. The summed E-state index contributed by atoms with van der Waals surface area (Å²) < 4.78 is 10.8. The molecular formula is C14H20N6O2. The van der Waals surface area contributed by atoms with Gasteiger partial charge in [-0.05, 0) is 26.7 Å². The van der Waals surface area contributed by atoms with E-state index in [-0.39, 0.29) is 12.1 Å². The summed E-state index contributed by atoms with van der Waals surface area (Å²) in [6, 6.07) is 0. The first kappa shape index (κ1) is 14.7. The summed E-state index contributed by atoms with van der Waals surface area (Å²) in [4.78, 5) is 12.7. The van der Waals surface area contributed by atoms with Crippen LogP contribution in [0.25, 0.3) is 0 Å². The predicted molar refractivity (Wildman–Crippen MR) is 80.3 cm³/mol. The monoisotopic (exact) mass is 304 g/mol. The molecular weight excluding hydrogens is 284 g/mol. The third kappa shape index (κ3) is 3.16. The Labute approximate surface area is 128 Å². The van der Waals surface area contributed by atoms with Gasteiger partial charge in [0.15, 0.2) is 5.82 Å². The molecule has 0 aromatic carbocycles. The number of aromatic nitrogens is 4. The lowest BCUT2D eigenvalue weighted by Crippen LogP contribution is -2.11. The maximum absolute atomic E-state index is 5.67. The van der Waals surface area contributed by atoms with E-state index in [2.05, 4.69) is 25.4 Å². The van der Waals surface area contributed by atoms with Crippen LogP contribution in [-0.4, -0.2) is 33.3 Å². The average molecular weight is 304 g/mol. The summed E-state index contributed by atoms with van der Waals surface area (Å²) >= 11 is 0. The second-order valence-corrected chi connectivity index (χ2v) is 5.37. The van der Waals surface area contributed by atoms with E-state index in [1.54, 1.807) is 0 Å². The number of nitrogens with zero attached hydrogens (tertiary/aromatic N) is 4. The molecule has 8 heteroatoms. The summed E-state index contributed by atoms with van der Waals surface area (Å²) in [7, 11) is 0. The van der Waals surface area contributed by atoms with Gasteiger partial charge in [-0.25, -0.2) is 4.98 Å². The molecule has 0 amide bonds. The van der Waals surface area contributed by atoms with Crippen molar-refractivity contribution in [2.24, 2.45) is 0 Å². The van der Waals surface area contributed by atoms with Crippen LogP contribution in [0.2, 0.25) is 0 Å². The molecule has 0 unspecified atom stereocenters. The molecule has 0 spiro atoms. The van der Waals surface area contributed by atoms with Crippen LogP contribution in [0.15, 0.2) is 4.52 Å². The molecule has 3 N–H and O–H groups in total. The van der Waals surface area contributed by atoms with E-state index in [9.17, 15) is 0 Å². The summed E-state index contributed by atoms with van der Waals surface area (Å²) in [6.07, 6.45) is 2.58. The highest BCUT2D eigenvalue weighted by atomic mass is 16.5. The lowest BCUT2D eigenvalue weighted by Gasteiger charge is -2.09. The number of anilines is 2. The van der Waals surface area contributed by atoms with Crippen LogP contribution < -0.4 is 11.1 Å². The quantitative estimate of drug-likeness (QED) is 0.856. The molecule has 3 rings (SSSR count). The molecule has 1 aliphatic rings. The molecule has 2 aromatic heterocycles. The van der Waals surface area contributed by atoms with Gasteiger partial charge in [-0.1, -0.05) is 5.16 Å². The Kier molecular flexibility index (Phi) is 4.19. The lowest BCUT2D eigenvalue weighted by molar-refractivity contribution is 0.0835. The van der Waals surface area contributed by atoms with Crippen molar-refractivity contribution >= 4 is 11.8 Å². The zero-order chi connectivity index (χ0) is 15.5. The van der Waals surface area contributed by atoms with Crippen molar-refractivity contribution in [3.05, 3.63) is 23.0 Å². The molecule has 3 heterocycles. The van der Waals surface area contributed by atoms with Gasteiger partial charge in [0, 0.05) is 30.8 Å². The first-order valence-electron chi connectivity index (χ1n) is 7.42. The average Bonchev–Trinajstić information content (AvgIpc) is 3.14. The second-order valence-electron chi connectivity index (χ2n) is 5.37. The van der Waals surface area contributed by atoms with Gasteiger partial charge in [-0.15, -0.1) is 0 Å².